The van der Waals surface area contributed by atoms with E-state index in [1.807, 2.05) is 36.5 Å². The summed E-state index contributed by atoms with van der Waals surface area (Å²) in [5, 5.41) is 11.4. The maximum atomic E-state index is 12.5. The van der Waals surface area contributed by atoms with Crippen LogP contribution in [-0.2, 0) is 16.1 Å². The van der Waals surface area contributed by atoms with Gasteiger partial charge in [-0.3, -0.25) is 9.20 Å². The number of hydrogen-bond acceptors (Lipinski definition) is 6. The van der Waals surface area contributed by atoms with Gasteiger partial charge in [0.2, 0.25) is 11.6 Å². The van der Waals surface area contributed by atoms with E-state index in [0.717, 1.165) is 10.0 Å². The van der Waals surface area contributed by atoms with E-state index in [1.165, 1.54) is 0 Å². The lowest BCUT2D eigenvalue weighted by molar-refractivity contribution is -0.126. The smallest absolute Gasteiger partial charge is 0.240 e. The van der Waals surface area contributed by atoms with Gasteiger partial charge in [-0.15, -0.1) is 10.2 Å². The minimum Gasteiger partial charge on any atom is -0.493 e. The lowest BCUT2D eigenvalue weighted by Crippen LogP contribution is -2.50. The van der Waals surface area contributed by atoms with Gasteiger partial charge in [0.25, 0.3) is 0 Å². The number of aromatic nitrogens is 3. The minimum absolute atomic E-state index is 0. The summed E-state index contributed by atoms with van der Waals surface area (Å²) in [6.45, 7) is 3.90. The number of ether oxygens (including phenoxy) is 2. The molecule has 3 rings (SSSR count). The largest absolute Gasteiger partial charge is 0.493 e. The van der Waals surface area contributed by atoms with Crippen molar-refractivity contribution in [2.24, 2.45) is 5.73 Å². The Hall–Kier alpha value is -2.49. The summed E-state index contributed by atoms with van der Waals surface area (Å²) >= 11 is 3.46. The van der Waals surface area contributed by atoms with Crippen LogP contribution < -0.4 is 15.8 Å². The zero-order chi connectivity index (χ0) is 21.0. The van der Waals surface area contributed by atoms with Crippen LogP contribution in [0.25, 0.3) is 5.65 Å². The molecule has 3 N–H and O–H groups in total. The molecule has 0 spiro atoms. The van der Waals surface area contributed by atoms with Gasteiger partial charge in [0, 0.05) is 10.7 Å². The van der Waals surface area contributed by atoms with Crippen LogP contribution in [0, 0.1) is 0 Å². The molecule has 0 aliphatic heterocycles. The standard InChI is InChI=1S/C20H24BrN5O3.CH4/c1-20(2,22)19(27)23-15(12-29-11-13-7-5-4-6-8-13)17-24-25-18-16(28-3)9-14(21)10-26(17)18;/h4-10,15H,11-12,22H2,1-3H3,(H,23,27);1H4/t15-;/m1./s1. The Morgan fingerprint density at radius 2 is 2.00 bits per heavy atom. The van der Waals surface area contributed by atoms with E-state index < -0.39 is 11.6 Å². The molecule has 2 aromatic heterocycles. The number of benzene rings is 1. The number of rotatable bonds is 8. The van der Waals surface area contributed by atoms with Crippen molar-refractivity contribution in [1.29, 1.82) is 0 Å². The lowest BCUT2D eigenvalue weighted by Gasteiger charge is -2.23. The third-order valence-corrected chi connectivity index (χ3v) is 4.72. The number of methoxy groups -OCH3 is 1. The maximum absolute atomic E-state index is 12.5. The first-order chi connectivity index (χ1) is 13.8. The summed E-state index contributed by atoms with van der Waals surface area (Å²) in [6, 6.07) is 11.0. The van der Waals surface area contributed by atoms with E-state index in [-0.39, 0.29) is 19.9 Å². The summed E-state index contributed by atoms with van der Waals surface area (Å²) in [6.07, 6.45) is 1.82. The van der Waals surface area contributed by atoms with Gasteiger partial charge >= 0.3 is 0 Å². The molecule has 0 unspecified atom stereocenters. The molecule has 0 saturated carbocycles. The summed E-state index contributed by atoms with van der Waals surface area (Å²) in [5.41, 5.74) is 6.49. The lowest BCUT2D eigenvalue weighted by atomic mass is 10.1. The summed E-state index contributed by atoms with van der Waals surface area (Å²) in [7, 11) is 1.56. The summed E-state index contributed by atoms with van der Waals surface area (Å²) in [5.74, 6) is 0.766. The topological polar surface area (TPSA) is 104 Å². The molecule has 0 saturated heterocycles. The normalized spacial score (nSPS) is 12.3. The molecule has 3 aromatic rings. The predicted molar refractivity (Wildman–Crippen MR) is 119 cm³/mol. The highest BCUT2D eigenvalue weighted by molar-refractivity contribution is 9.10. The van der Waals surface area contributed by atoms with E-state index in [2.05, 4.69) is 31.4 Å². The van der Waals surface area contributed by atoms with Crippen LogP contribution in [-0.4, -0.2) is 39.8 Å². The number of hydrogen-bond donors (Lipinski definition) is 2. The summed E-state index contributed by atoms with van der Waals surface area (Å²) < 4.78 is 13.8. The van der Waals surface area contributed by atoms with E-state index >= 15 is 0 Å². The third-order valence-electron chi connectivity index (χ3n) is 4.28. The SMILES string of the molecule is C.COc1cc(Br)cn2c([C@@H](COCc3ccccc3)NC(=O)C(C)(C)N)nnc12. The number of halogens is 1. The average Bonchev–Trinajstić information content (AvgIpc) is 3.10. The Morgan fingerprint density at radius 1 is 1.30 bits per heavy atom. The molecule has 1 atom stereocenters. The predicted octanol–water partition coefficient (Wildman–Crippen LogP) is 3.25. The van der Waals surface area contributed by atoms with Crippen LogP contribution in [0.15, 0.2) is 47.1 Å². The Bertz CT molecular complexity index is 985. The second-order valence-corrected chi connectivity index (χ2v) is 8.14. The Kier molecular flexibility index (Phi) is 7.94. The minimum atomic E-state index is -1.05. The van der Waals surface area contributed by atoms with E-state index in [1.54, 1.807) is 31.4 Å². The van der Waals surface area contributed by atoms with Crippen molar-refractivity contribution in [3.05, 3.63) is 58.5 Å². The number of amides is 1. The third kappa shape index (κ3) is 5.56. The number of nitrogens with zero attached hydrogens (tertiary/aromatic N) is 3. The van der Waals surface area contributed by atoms with Gasteiger partial charge in [0.15, 0.2) is 11.6 Å². The van der Waals surface area contributed by atoms with Crippen molar-refractivity contribution in [1.82, 2.24) is 19.9 Å². The van der Waals surface area contributed by atoms with Crippen molar-refractivity contribution in [2.75, 3.05) is 13.7 Å². The molecule has 1 aromatic carbocycles. The van der Waals surface area contributed by atoms with E-state index in [9.17, 15) is 4.79 Å². The number of carbonyl (C=O) groups excluding carboxylic acids is 1. The highest BCUT2D eigenvalue weighted by atomic mass is 79.9. The van der Waals surface area contributed by atoms with Crippen molar-refractivity contribution in [3.63, 3.8) is 0 Å². The first-order valence-electron chi connectivity index (χ1n) is 9.09. The van der Waals surface area contributed by atoms with E-state index in [0.29, 0.717) is 23.8 Å². The van der Waals surface area contributed by atoms with Gasteiger partial charge in [0.1, 0.15) is 6.04 Å². The van der Waals surface area contributed by atoms with Gasteiger partial charge in [-0.2, -0.15) is 0 Å². The van der Waals surface area contributed by atoms with Gasteiger partial charge in [-0.05, 0) is 41.4 Å². The second kappa shape index (κ2) is 10.0. The molecule has 2 heterocycles. The molecule has 0 aliphatic rings. The summed E-state index contributed by atoms with van der Waals surface area (Å²) in [4.78, 5) is 12.5. The van der Waals surface area contributed by atoms with Crippen LogP contribution in [0.1, 0.15) is 38.7 Å². The molecule has 0 radical (unpaired) electrons. The zero-order valence-corrected chi connectivity index (χ0v) is 18.1. The molecule has 0 bridgehead atoms. The van der Waals surface area contributed by atoms with Crippen LogP contribution in [0.5, 0.6) is 5.75 Å². The average molecular weight is 478 g/mol. The number of carbonyl (C=O) groups is 1. The van der Waals surface area contributed by atoms with Gasteiger partial charge in [-0.25, -0.2) is 0 Å². The fraction of sp³-hybridized carbons (Fsp3) is 0.381. The molecular formula is C21H28BrN5O3. The molecule has 8 nitrogen and oxygen atoms in total. The molecule has 30 heavy (non-hydrogen) atoms. The number of pyridine rings is 1. The monoisotopic (exact) mass is 477 g/mol. The number of fused-ring (bicyclic) bond motifs is 1. The number of nitrogens with one attached hydrogen (secondary N) is 1. The Labute approximate surface area is 184 Å². The highest BCUT2D eigenvalue weighted by Gasteiger charge is 2.28. The molecule has 1 amide bonds. The van der Waals surface area contributed by atoms with Gasteiger partial charge < -0.3 is 20.5 Å². The van der Waals surface area contributed by atoms with Crippen LogP contribution in [0.2, 0.25) is 0 Å². The zero-order valence-electron chi connectivity index (χ0n) is 16.6. The first-order valence-corrected chi connectivity index (χ1v) is 9.88. The second-order valence-electron chi connectivity index (χ2n) is 7.23. The first kappa shape index (κ1) is 23.8. The van der Waals surface area contributed by atoms with Crippen molar-refractivity contribution >= 4 is 27.5 Å². The highest BCUT2D eigenvalue weighted by Crippen LogP contribution is 2.26. The van der Waals surface area contributed by atoms with Gasteiger partial charge in [-0.1, -0.05) is 37.8 Å². The van der Waals surface area contributed by atoms with E-state index in [4.69, 9.17) is 15.2 Å². The molecule has 162 valence electrons. The van der Waals surface area contributed by atoms with Crippen LogP contribution >= 0.6 is 15.9 Å². The Morgan fingerprint density at radius 3 is 2.63 bits per heavy atom. The maximum Gasteiger partial charge on any atom is 0.240 e. The fourth-order valence-corrected chi connectivity index (χ4v) is 3.14. The molecule has 9 heteroatoms. The Balaban J connectivity index is 0.00000320. The van der Waals surface area contributed by atoms with Gasteiger partial charge in [0.05, 0.1) is 25.9 Å². The van der Waals surface area contributed by atoms with Crippen molar-refractivity contribution < 1.29 is 14.3 Å². The molecule has 0 aliphatic carbocycles. The quantitative estimate of drug-likeness (QED) is 0.515. The molecule has 0 fully saturated rings. The van der Waals surface area contributed by atoms with Crippen LogP contribution in [0.4, 0.5) is 0 Å². The van der Waals surface area contributed by atoms with Crippen molar-refractivity contribution in [2.45, 2.75) is 39.5 Å². The van der Waals surface area contributed by atoms with Crippen LogP contribution in [0.3, 0.4) is 0 Å². The molecular weight excluding hydrogens is 450 g/mol. The fourth-order valence-electron chi connectivity index (χ4n) is 2.73. The van der Waals surface area contributed by atoms with Crippen molar-refractivity contribution in [3.8, 4) is 5.75 Å². The number of nitrogens with two attached hydrogens (primary N) is 1.